The third kappa shape index (κ3) is 6.13. The molecular formula is C37H45ClFN5O3. The number of ether oxygens (including phenoxy) is 2. The van der Waals surface area contributed by atoms with Crippen molar-refractivity contribution in [1.82, 2.24) is 19.7 Å². The fourth-order valence-electron chi connectivity index (χ4n) is 8.90. The fourth-order valence-corrected chi connectivity index (χ4v) is 9.11. The number of nitriles is 1. The van der Waals surface area contributed by atoms with Crippen LogP contribution in [0, 0.1) is 39.9 Å². The van der Waals surface area contributed by atoms with Crippen molar-refractivity contribution in [2.45, 2.75) is 90.4 Å². The molecule has 1 atom stereocenters. The highest BCUT2D eigenvalue weighted by Gasteiger charge is 2.67. The largest absolute Gasteiger partial charge is 0.489 e. The number of pyridine rings is 1. The number of halogens is 2. The average Bonchev–Trinajstić information content (AvgIpc) is 3.33. The Morgan fingerprint density at radius 2 is 1.83 bits per heavy atom. The minimum Gasteiger partial charge on any atom is -0.489 e. The van der Waals surface area contributed by atoms with Crippen molar-refractivity contribution in [3.8, 4) is 23.7 Å². The minimum absolute atomic E-state index is 0.00355. The van der Waals surface area contributed by atoms with Crippen LogP contribution in [0.25, 0.3) is 0 Å². The number of nitrogens with zero attached hydrogens (tertiary/aromatic N) is 5. The molecule has 0 spiro atoms. The van der Waals surface area contributed by atoms with Crippen molar-refractivity contribution >= 4 is 17.5 Å². The maximum absolute atomic E-state index is 13.7. The molecule has 1 unspecified atom stereocenters. The molecular weight excluding hydrogens is 617 g/mol. The third-order valence-electron chi connectivity index (χ3n) is 11.2. The molecule has 47 heavy (non-hydrogen) atoms. The standard InChI is InChI=1S/C37H45ClFN5O3/c1-36(2)34(37(3,4)35(36)47-28-11-8-24(21-40)30(38)19-28)44-22-31-29(33(44)45)12-10-25(41-31)9-7-23-17-27(18-23)42(5)26-13-15-43(16-14-26)32(20-39)46-6/h8,10-12,19,23,26-27,32,34-35H,13-18,20,22H2,1-6H3. The Morgan fingerprint density at radius 3 is 2.45 bits per heavy atom. The van der Waals surface area contributed by atoms with Crippen molar-refractivity contribution in [3.05, 3.63) is 57.9 Å². The molecule has 1 aromatic heterocycles. The van der Waals surface area contributed by atoms with E-state index in [2.05, 4.69) is 62.5 Å². The van der Waals surface area contributed by atoms with E-state index in [4.69, 9.17) is 26.1 Å². The first-order valence-corrected chi connectivity index (χ1v) is 17.0. The first-order valence-electron chi connectivity index (χ1n) is 16.6. The Morgan fingerprint density at radius 1 is 1.13 bits per heavy atom. The van der Waals surface area contributed by atoms with Gasteiger partial charge in [0.05, 0.1) is 28.4 Å². The predicted molar refractivity (Wildman–Crippen MR) is 179 cm³/mol. The van der Waals surface area contributed by atoms with Crippen molar-refractivity contribution in [2.75, 3.05) is 33.9 Å². The first-order chi connectivity index (χ1) is 22.4. The van der Waals surface area contributed by atoms with Gasteiger partial charge < -0.3 is 19.3 Å². The van der Waals surface area contributed by atoms with E-state index in [9.17, 15) is 14.4 Å². The highest BCUT2D eigenvalue weighted by Crippen LogP contribution is 2.59. The van der Waals surface area contributed by atoms with E-state index in [1.165, 1.54) is 0 Å². The monoisotopic (exact) mass is 661 g/mol. The quantitative estimate of drug-likeness (QED) is 0.325. The van der Waals surface area contributed by atoms with Gasteiger partial charge in [-0.15, -0.1) is 0 Å². The molecule has 250 valence electrons. The molecule has 0 bridgehead atoms. The van der Waals surface area contributed by atoms with Crippen LogP contribution in [0.2, 0.25) is 5.02 Å². The second kappa shape index (κ2) is 13.0. The Bertz CT molecular complexity index is 1600. The lowest BCUT2D eigenvalue weighted by molar-refractivity contribution is -0.199. The number of amides is 1. The summed E-state index contributed by atoms with van der Waals surface area (Å²) in [4.78, 5) is 25.0. The summed E-state index contributed by atoms with van der Waals surface area (Å²) in [5, 5.41) is 9.58. The van der Waals surface area contributed by atoms with E-state index in [1.54, 1.807) is 25.3 Å². The van der Waals surface area contributed by atoms with Crippen LogP contribution in [-0.2, 0) is 11.3 Å². The lowest BCUT2D eigenvalue weighted by Crippen LogP contribution is -2.74. The van der Waals surface area contributed by atoms with E-state index < -0.39 is 12.9 Å². The molecule has 8 nitrogen and oxygen atoms in total. The molecule has 0 N–H and O–H groups in total. The Labute approximate surface area is 283 Å². The summed E-state index contributed by atoms with van der Waals surface area (Å²) in [6, 6.07) is 11.9. The Hall–Kier alpha value is -3.21. The van der Waals surface area contributed by atoms with Gasteiger partial charge in [-0.1, -0.05) is 45.2 Å². The second-order valence-electron chi connectivity index (χ2n) is 14.8. The van der Waals surface area contributed by atoms with Crippen LogP contribution in [0.15, 0.2) is 30.3 Å². The number of methoxy groups -OCH3 is 1. The van der Waals surface area contributed by atoms with Gasteiger partial charge in [-0.05, 0) is 62.9 Å². The van der Waals surface area contributed by atoms with Gasteiger partial charge in [-0.25, -0.2) is 9.37 Å². The van der Waals surface area contributed by atoms with Crippen LogP contribution in [0.1, 0.15) is 80.7 Å². The highest BCUT2D eigenvalue weighted by molar-refractivity contribution is 6.31. The number of piperidine rings is 1. The average molecular weight is 662 g/mol. The number of alkyl halides is 1. The molecule has 2 aromatic rings. The van der Waals surface area contributed by atoms with Gasteiger partial charge in [-0.2, -0.15) is 5.26 Å². The second-order valence-corrected chi connectivity index (χ2v) is 15.2. The molecule has 2 aliphatic carbocycles. The maximum Gasteiger partial charge on any atom is 0.256 e. The summed E-state index contributed by atoms with van der Waals surface area (Å²) in [7, 11) is 3.79. The summed E-state index contributed by atoms with van der Waals surface area (Å²) in [6.45, 7) is 10.2. The number of hydrogen-bond acceptors (Lipinski definition) is 7. The maximum atomic E-state index is 13.7. The summed E-state index contributed by atoms with van der Waals surface area (Å²) < 4.78 is 24.9. The van der Waals surface area contributed by atoms with Gasteiger partial charge in [0.2, 0.25) is 0 Å². The van der Waals surface area contributed by atoms with Crippen molar-refractivity contribution in [1.29, 1.82) is 5.26 Å². The van der Waals surface area contributed by atoms with E-state index in [0.717, 1.165) is 44.5 Å². The van der Waals surface area contributed by atoms with E-state index in [1.807, 2.05) is 17.0 Å². The van der Waals surface area contributed by atoms with Crippen LogP contribution in [0.3, 0.4) is 0 Å². The number of likely N-dealkylation sites (tertiary alicyclic amines) is 1. The molecule has 1 amide bonds. The molecule has 1 aromatic carbocycles. The summed E-state index contributed by atoms with van der Waals surface area (Å²) in [6.07, 6.45) is 3.52. The number of hydrogen-bond donors (Lipinski definition) is 0. The lowest BCUT2D eigenvalue weighted by Gasteiger charge is -2.65. The zero-order chi connectivity index (χ0) is 33.7. The van der Waals surface area contributed by atoms with Gasteiger partial charge in [0.1, 0.15) is 36.5 Å². The number of benzene rings is 1. The molecule has 2 saturated carbocycles. The predicted octanol–water partition coefficient (Wildman–Crippen LogP) is 5.91. The number of aromatic nitrogens is 1. The van der Waals surface area contributed by atoms with Gasteiger partial charge in [-0.3, -0.25) is 9.69 Å². The number of fused-ring (bicyclic) bond motifs is 1. The normalized spacial score (nSPS) is 27.2. The van der Waals surface area contributed by atoms with Crippen LogP contribution in [-0.4, -0.2) is 90.0 Å². The topological polar surface area (TPSA) is 81.9 Å². The number of carbonyl (C=O) groups is 1. The van der Waals surface area contributed by atoms with Crippen LogP contribution < -0.4 is 4.74 Å². The SMILES string of the molecule is COC(CF)N1CCC(N(C)C2CC(C#Cc3ccc4c(n3)CN(C3C(C)(C)C(Oc5ccc(C#N)c(Cl)c5)C3(C)C)C4=O)C2)CC1. The summed E-state index contributed by atoms with van der Waals surface area (Å²) >= 11 is 6.26. The van der Waals surface area contributed by atoms with E-state index in [-0.39, 0.29) is 28.9 Å². The van der Waals surface area contributed by atoms with Crippen molar-refractivity contribution < 1.29 is 18.7 Å². The van der Waals surface area contributed by atoms with Gasteiger partial charge in [0.15, 0.2) is 0 Å². The number of carbonyl (C=O) groups excluding carboxylic acids is 1. The summed E-state index contributed by atoms with van der Waals surface area (Å²) in [5.74, 6) is 7.67. The molecule has 1 saturated heterocycles. The molecule has 6 rings (SSSR count). The molecule has 4 aliphatic rings. The fraction of sp³-hybridized carbons (Fsp3) is 0.595. The van der Waals surface area contributed by atoms with Gasteiger partial charge in [0.25, 0.3) is 5.91 Å². The zero-order valence-corrected chi connectivity index (χ0v) is 29.0. The molecule has 2 aliphatic heterocycles. The smallest absolute Gasteiger partial charge is 0.256 e. The van der Waals surface area contributed by atoms with E-state index >= 15 is 0 Å². The number of rotatable bonds is 8. The highest BCUT2D eigenvalue weighted by atomic mass is 35.5. The van der Waals surface area contributed by atoms with Crippen molar-refractivity contribution in [3.63, 3.8) is 0 Å². The Kier molecular flexibility index (Phi) is 9.32. The van der Waals surface area contributed by atoms with Crippen LogP contribution in [0.4, 0.5) is 4.39 Å². The lowest BCUT2D eigenvalue weighted by atomic mass is 9.49. The van der Waals surface area contributed by atoms with Gasteiger partial charge >= 0.3 is 0 Å². The Balaban J connectivity index is 1.05. The van der Waals surface area contributed by atoms with Crippen LogP contribution >= 0.6 is 11.6 Å². The molecule has 0 radical (unpaired) electrons. The molecule has 3 heterocycles. The van der Waals surface area contributed by atoms with Crippen molar-refractivity contribution in [2.24, 2.45) is 16.7 Å². The minimum atomic E-state index is -0.473. The zero-order valence-electron chi connectivity index (χ0n) is 28.2. The van der Waals surface area contributed by atoms with Crippen LogP contribution in [0.5, 0.6) is 5.75 Å². The molecule has 10 heteroatoms. The molecule has 3 fully saturated rings. The third-order valence-corrected chi connectivity index (χ3v) is 11.5. The first kappa shape index (κ1) is 33.7. The van der Waals surface area contributed by atoms with E-state index in [0.29, 0.717) is 52.1 Å². The van der Waals surface area contributed by atoms with Gasteiger partial charge in [0, 0.05) is 61.1 Å². The summed E-state index contributed by atoms with van der Waals surface area (Å²) in [5.41, 5.74) is 1.86.